The van der Waals surface area contributed by atoms with E-state index < -0.39 is 0 Å². The van der Waals surface area contributed by atoms with Gasteiger partial charge < -0.3 is 4.79 Å². The molecule has 1 heteroatoms. The summed E-state index contributed by atoms with van der Waals surface area (Å²) in [4.78, 5) is 11.4. The second kappa shape index (κ2) is 3.08. The first-order valence-electron chi connectivity index (χ1n) is 6.32. The smallest absolute Gasteiger partial charge is 0.126 e. The monoisotopic (exact) mass is 192 g/mol. The largest absolute Gasteiger partial charge is 0.303 e. The molecule has 14 heavy (non-hydrogen) atoms. The van der Waals surface area contributed by atoms with Crippen molar-refractivity contribution in [3.05, 3.63) is 0 Å². The molecular formula is C13H20O. The lowest BCUT2D eigenvalue weighted by Crippen LogP contribution is -2.41. The van der Waals surface area contributed by atoms with Crippen LogP contribution in [-0.2, 0) is 4.79 Å². The molecule has 0 saturated heterocycles. The molecule has 4 atom stereocenters. The van der Waals surface area contributed by atoms with Crippen LogP contribution in [0.25, 0.3) is 0 Å². The van der Waals surface area contributed by atoms with Crippen LogP contribution in [0.4, 0.5) is 0 Å². The lowest BCUT2D eigenvalue weighted by Gasteiger charge is -2.45. The summed E-state index contributed by atoms with van der Waals surface area (Å²) in [6, 6.07) is 0. The molecule has 0 aromatic heterocycles. The summed E-state index contributed by atoms with van der Waals surface area (Å²) in [7, 11) is 0. The Labute approximate surface area is 86.3 Å². The summed E-state index contributed by atoms with van der Waals surface area (Å²) in [5.41, 5.74) is 0.147. The van der Waals surface area contributed by atoms with Crippen LogP contribution in [0.5, 0.6) is 0 Å². The molecule has 0 amide bonds. The Bertz CT molecular complexity index is 246. The highest BCUT2D eigenvalue weighted by Crippen LogP contribution is 2.60. The minimum absolute atomic E-state index is 0.147. The van der Waals surface area contributed by atoms with E-state index in [1.54, 1.807) is 0 Å². The van der Waals surface area contributed by atoms with Crippen molar-refractivity contribution in [2.45, 2.75) is 51.4 Å². The molecule has 0 radical (unpaired) electrons. The first kappa shape index (κ1) is 8.94. The molecular weight excluding hydrogens is 172 g/mol. The molecule has 3 saturated carbocycles. The van der Waals surface area contributed by atoms with Gasteiger partial charge in [0.2, 0.25) is 0 Å². The quantitative estimate of drug-likeness (QED) is 0.583. The summed E-state index contributed by atoms with van der Waals surface area (Å²) in [5, 5.41) is 0. The first-order chi connectivity index (χ1) is 6.86. The first-order valence-corrected chi connectivity index (χ1v) is 6.32. The molecule has 0 heterocycles. The Kier molecular flexibility index (Phi) is 1.97. The molecule has 4 unspecified atom stereocenters. The van der Waals surface area contributed by atoms with Gasteiger partial charge in [-0.15, -0.1) is 0 Å². The van der Waals surface area contributed by atoms with E-state index in [-0.39, 0.29) is 5.41 Å². The van der Waals surface area contributed by atoms with Gasteiger partial charge >= 0.3 is 0 Å². The molecule has 0 aromatic carbocycles. The van der Waals surface area contributed by atoms with E-state index in [9.17, 15) is 4.79 Å². The SMILES string of the molecule is O=CC12CCCC3CCCC(CC1)C32. The van der Waals surface area contributed by atoms with E-state index in [1.807, 2.05) is 0 Å². The van der Waals surface area contributed by atoms with Crippen LogP contribution in [0.2, 0.25) is 0 Å². The summed E-state index contributed by atoms with van der Waals surface area (Å²) < 4.78 is 0. The third kappa shape index (κ3) is 1.04. The molecule has 3 fully saturated rings. The third-order valence-corrected chi connectivity index (χ3v) is 5.26. The van der Waals surface area contributed by atoms with Crippen molar-refractivity contribution in [3.63, 3.8) is 0 Å². The summed E-state index contributed by atoms with van der Waals surface area (Å²) in [5.74, 6) is 2.62. The highest BCUT2D eigenvalue weighted by molar-refractivity contribution is 5.61. The van der Waals surface area contributed by atoms with Crippen LogP contribution in [0, 0.1) is 23.2 Å². The topological polar surface area (TPSA) is 17.1 Å². The van der Waals surface area contributed by atoms with E-state index in [2.05, 4.69) is 0 Å². The van der Waals surface area contributed by atoms with Crippen LogP contribution in [0.3, 0.4) is 0 Å². The Morgan fingerprint density at radius 2 is 1.64 bits per heavy atom. The fraction of sp³-hybridized carbons (Fsp3) is 0.923. The zero-order chi connectivity index (χ0) is 9.60. The van der Waals surface area contributed by atoms with Crippen molar-refractivity contribution in [2.24, 2.45) is 23.2 Å². The van der Waals surface area contributed by atoms with E-state index in [0.717, 1.165) is 17.8 Å². The van der Waals surface area contributed by atoms with Crippen LogP contribution in [0.1, 0.15) is 51.4 Å². The zero-order valence-electron chi connectivity index (χ0n) is 8.87. The van der Waals surface area contributed by atoms with Crippen LogP contribution >= 0.6 is 0 Å². The average Bonchev–Trinajstić information content (AvgIpc) is 2.62. The molecule has 0 spiro atoms. The maximum Gasteiger partial charge on any atom is 0.126 e. The molecule has 3 aliphatic rings. The van der Waals surface area contributed by atoms with E-state index in [1.165, 1.54) is 57.7 Å². The molecule has 78 valence electrons. The lowest BCUT2D eigenvalue weighted by atomic mass is 9.58. The maximum absolute atomic E-state index is 11.4. The number of rotatable bonds is 1. The summed E-state index contributed by atoms with van der Waals surface area (Å²) >= 11 is 0. The fourth-order valence-electron chi connectivity index (χ4n) is 4.78. The highest BCUT2D eigenvalue weighted by atomic mass is 16.1. The van der Waals surface area contributed by atoms with Gasteiger partial charge in [0.1, 0.15) is 6.29 Å². The molecule has 3 rings (SSSR count). The van der Waals surface area contributed by atoms with Gasteiger partial charge in [0.25, 0.3) is 0 Å². The maximum atomic E-state index is 11.4. The Hall–Kier alpha value is -0.330. The van der Waals surface area contributed by atoms with Crippen molar-refractivity contribution in [1.29, 1.82) is 0 Å². The van der Waals surface area contributed by atoms with Gasteiger partial charge in [-0.3, -0.25) is 0 Å². The van der Waals surface area contributed by atoms with Crippen LogP contribution < -0.4 is 0 Å². The number of hydrogen-bond donors (Lipinski definition) is 0. The predicted molar refractivity (Wildman–Crippen MR) is 55.9 cm³/mol. The van der Waals surface area contributed by atoms with Crippen molar-refractivity contribution in [2.75, 3.05) is 0 Å². The fourth-order valence-corrected chi connectivity index (χ4v) is 4.78. The van der Waals surface area contributed by atoms with Gasteiger partial charge in [0, 0.05) is 5.41 Å². The summed E-state index contributed by atoms with van der Waals surface area (Å²) in [6.45, 7) is 0. The van der Waals surface area contributed by atoms with Gasteiger partial charge in [-0.05, 0) is 37.0 Å². The predicted octanol–water partition coefficient (Wildman–Crippen LogP) is 3.18. The highest BCUT2D eigenvalue weighted by Gasteiger charge is 2.53. The minimum Gasteiger partial charge on any atom is -0.303 e. The molecule has 0 aromatic rings. The summed E-state index contributed by atoms with van der Waals surface area (Å²) in [6.07, 6.45) is 12.1. The Morgan fingerprint density at radius 3 is 2.43 bits per heavy atom. The Morgan fingerprint density at radius 1 is 0.929 bits per heavy atom. The van der Waals surface area contributed by atoms with E-state index >= 15 is 0 Å². The Balaban J connectivity index is 1.95. The standard InChI is InChI=1S/C13H20O/c14-9-13-7-2-5-10-3-1-4-11(6-8-13)12(10)13/h9-12H,1-8H2. The van der Waals surface area contributed by atoms with Crippen molar-refractivity contribution in [3.8, 4) is 0 Å². The molecule has 0 N–H and O–H groups in total. The molecule has 0 aliphatic heterocycles. The van der Waals surface area contributed by atoms with Gasteiger partial charge in [0.05, 0.1) is 0 Å². The van der Waals surface area contributed by atoms with Crippen LogP contribution in [-0.4, -0.2) is 6.29 Å². The van der Waals surface area contributed by atoms with Gasteiger partial charge in [-0.1, -0.05) is 32.1 Å². The van der Waals surface area contributed by atoms with Gasteiger partial charge in [0.15, 0.2) is 0 Å². The number of carbonyl (C=O) groups is 1. The van der Waals surface area contributed by atoms with Crippen molar-refractivity contribution < 1.29 is 4.79 Å². The average molecular weight is 192 g/mol. The number of aldehydes is 1. The number of hydrogen-bond acceptors (Lipinski definition) is 1. The van der Waals surface area contributed by atoms with E-state index in [4.69, 9.17) is 0 Å². The molecule has 1 nitrogen and oxygen atoms in total. The minimum atomic E-state index is 0.147. The van der Waals surface area contributed by atoms with Crippen LogP contribution in [0.15, 0.2) is 0 Å². The van der Waals surface area contributed by atoms with Gasteiger partial charge in [-0.2, -0.15) is 0 Å². The molecule has 0 bridgehead atoms. The normalized spacial score (nSPS) is 51.3. The second-order valence-corrected chi connectivity index (χ2v) is 5.76. The van der Waals surface area contributed by atoms with E-state index in [0.29, 0.717) is 0 Å². The zero-order valence-corrected chi connectivity index (χ0v) is 8.87. The number of carbonyl (C=O) groups excluding carboxylic acids is 1. The third-order valence-electron chi connectivity index (χ3n) is 5.26. The van der Waals surface area contributed by atoms with Crippen molar-refractivity contribution in [1.82, 2.24) is 0 Å². The second-order valence-electron chi connectivity index (χ2n) is 5.76. The van der Waals surface area contributed by atoms with Gasteiger partial charge in [-0.25, -0.2) is 0 Å². The lowest BCUT2D eigenvalue weighted by molar-refractivity contribution is -0.123. The molecule has 3 aliphatic carbocycles. The van der Waals surface area contributed by atoms with Crippen molar-refractivity contribution >= 4 is 6.29 Å².